The molecule has 108 valence electrons. The van der Waals surface area contributed by atoms with Gasteiger partial charge in [-0.05, 0) is 37.4 Å². The van der Waals surface area contributed by atoms with Crippen LogP contribution in [-0.4, -0.2) is 46.5 Å². The number of para-hydroxylation sites is 2. The minimum atomic E-state index is 0.00412. The maximum absolute atomic E-state index is 12.6. The van der Waals surface area contributed by atoms with Crippen molar-refractivity contribution in [1.82, 2.24) is 20.2 Å². The Kier molecular flexibility index (Phi) is 3.07. The van der Waals surface area contributed by atoms with Gasteiger partial charge in [0.05, 0.1) is 17.2 Å². The van der Waals surface area contributed by atoms with Crippen LogP contribution in [0.3, 0.4) is 0 Å². The van der Waals surface area contributed by atoms with E-state index in [2.05, 4.69) is 15.3 Å². The van der Waals surface area contributed by atoms with E-state index in [-0.39, 0.29) is 5.91 Å². The highest BCUT2D eigenvalue weighted by atomic mass is 16.2. The predicted octanol–water partition coefficient (Wildman–Crippen LogP) is 1.45. The molecule has 2 saturated heterocycles. The van der Waals surface area contributed by atoms with Gasteiger partial charge in [-0.25, -0.2) is 4.98 Å². The molecule has 0 saturated carbocycles. The van der Waals surface area contributed by atoms with Crippen molar-refractivity contribution < 1.29 is 4.79 Å². The Morgan fingerprint density at radius 3 is 2.95 bits per heavy atom. The van der Waals surface area contributed by atoms with Crippen molar-refractivity contribution in [3.63, 3.8) is 0 Å². The summed E-state index contributed by atoms with van der Waals surface area (Å²) in [6.07, 6.45) is 4.02. The van der Waals surface area contributed by atoms with E-state index in [0.29, 0.717) is 17.7 Å². The average Bonchev–Trinajstić information content (AvgIpc) is 2.97. The number of aromatic nitrogens is 2. The summed E-state index contributed by atoms with van der Waals surface area (Å²) in [5, 5.41) is 3.52. The van der Waals surface area contributed by atoms with Crippen LogP contribution < -0.4 is 5.32 Å². The van der Waals surface area contributed by atoms with E-state index in [0.717, 1.165) is 30.7 Å². The van der Waals surface area contributed by atoms with E-state index >= 15 is 0 Å². The Morgan fingerprint density at radius 1 is 1.24 bits per heavy atom. The predicted molar refractivity (Wildman–Crippen MR) is 80.0 cm³/mol. The molecule has 1 amide bonds. The molecule has 2 aromatic rings. The zero-order chi connectivity index (χ0) is 14.2. The van der Waals surface area contributed by atoms with E-state index < -0.39 is 0 Å². The van der Waals surface area contributed by atoms with Crippen LogP contribution in [0.5, 0.6) is 0 Å². The van der Waals surface area contributed by atoms with Gasteiger partial charge in [-0.1, -0.05) is 12.1 Å². The molecule has 0 spiro atoms. The molecule has 1 aromatic carbocycles. The maximum Gasteiger partial charge on any atom is 0.274 e. The van der Waals surface area contributed by atoms with Crippen LogP contribution in [0.1, 0.15) is 23.3 Å². The van der Waals surface area contributed by atoms with Crippen LogP contribution in [0, 0.1) is 5.92 Å². The number of hydrogen-bond acceptors (Lipinski definition) is 4. The first-order valence-corrected chi connectivity index (χ1v) is 7.56. The van der Waals surface area contributed by atoms with Crippen LogP contribution in [0.25, 0.3) is 11.0 Å². The van der Waals surface area contributed by atoms with Crippen molar-refractivity contribution in [3.8, 4) is 0 Å². The summed E-state index contributed by atoms with van der Waals surface area (Å²) in [7, 11) is 0. The summed E-state index contributed by atoms with van der Waals surface area (Å²) < 4.78 is 0. The molecule has 3 heterocycles. The smallest absolute Gasteiger partial charge is 0.274 e. The summed E-state index contributed by atoms with van der Waals surface area (Å²) in [6.45, 7) is 2.70. The van der Waals surface area contributed by atoms with Crippen LogP contribution in [-0.2, 0) is 0 Å². The van der Waals surface area contributed by atoms with Gasteiger partial charge in [0.1, 0.15) is 5.69 Å². The Labute approximate surface area is 123 Å². The topological polar surface area (TPSA) is 58.1 Å². The zero-order valence-electron chi connectivity index (χ0n) is 11.8. The fourth-order valence-electron chi connectivity index (χ4n) is 3.43. The number of carbonyl (C=O) groups is 1. The number of carbonyl (C=O) groups excluding carboxylic acids is 1. The van der Waals surface area contributed by atoms with Gasteiger partial charge in [-0.2, -0.15) is 0 Å². The summed E-state index contributed by atoms with van der Waals surface area (Å²) in [5.74, 6) is 0.598. The number of rotatable bonds is 1. The molecule has 2 unspecified atom stereocenters. The van der Waals surface area contributed by atoms with Crippen molar-refractivity contribution in [2.45, 2.75) is 18.9 Å². The first-order chi connectivity index (χ1) is 10.3. The summed E-state index contributed by atoms with van der Waals surface area (Å²) in [6, 6.07) is 8.10. The van der Waals surface area contributed by atoms with Gasteiger partial charge in [0, 0.05) is 19.1 Å². The second kappa shape index (κ2) is 5.07. The second-order valence-electron chi connectivity index (χ2n) is 5.92. The molecule has 4 rings (SSSR count). The van der Waals surface area contributed by atoms with E-state index in [1.54, 1.807) is 6.20 Å². The summed E-state index contributed by atoms with van der Waals surface area (Å²) >= 11 is 0. The lowest BCUT2D eigenvalue weighted by atomic mass is 9.94. The minimum absolute atomic E-state index is 0.00412. The van der Waals surface area contributed by atoms with Crippen molar-refractivity contribution in [2.75, 3.05) is 19.6 Å². The Bertz CT molecular complexity index is 673. The van der Waals surface area contributed by atoms with Crippen molar-refractivity contribution in [2.24, 2.45) is 5.92 Å². The molecule has 5 nitrogen and oxygen atoms in total. The monoisotopic (exact) mass is 282 g/mol. The maximum atomic E-state index is 12.6. The third-order valence-corrected chi connectivity index (χ3v) is 4.55. The molecule has 2 atom stereocenters. The van der Waals surface area contributed by atoms with Gasteiger partial charge in [-0.3, -0.25) is 9.78 Å². The standard InChI is InChI=1S/C16H18N4O/c21-16(20-9-11-4-3-7-17-15(11)10-20)14-8-18-12-5-1-2-6-13(12)19-14/h1-2,5-6,8,11,15,17H,3-4,7,9-10H2. The molecule has 1 aromatic heterocycles. The lowest BCUT2D eigenvalue weighted by Gasteiger charge is -2.24. The molecule has 2 aliphatic rings. The van der Waals surface area contributed by atoms with E-state index in [9.17, 15) is 4.79 Å². The fraction of sp³-hybridized carbons (Fsp3) is 0.438. The van der Waals surface area contributed by atoms with Crippen LogP contribution in [0.2, 0.25) is 0 Å². The zero-order valence-corrected chi connectivity index (χ0v) is 11.8. The Hall–Kier alpha value is -2.01. The first-order valence-electron chi connectivity index (χ1n) is 7.56. The number of amides is 1. The highest BCUT2D eigenvalue weighted by Crippen LogP contribution is 2.25. The van der Waals surface area contributed by atoms with Gasteiger partial charge < -0.3 is 10.2 Å². The molecular weight excluding hydrogens is 264 g/mol. The number of piperidine rings is 1. The third kappa shape index (κ3) is 2.27. The highest BCUT2D eigenvalue weighted by molar-refractivity contribution is 5.94. The average molecular weight is 282 g/mol. The molecule has 0 radical (unpaired) electrons. The quantitative estimate of drug-likeness (QED) is 0.860. The van der Waals surface area contributed by atoms with Gasteiger partial charge in [0.15, 0.2) is 0 Å². The van der Waals surface area contributed by atoms with Gasteiger partial charge in [0.25, 0.3) is 5.91 Å². The minimum Gasteiger partial charge on any atom is -0.335 e. The lowest BCUT2D eigenvalue weighted by molar-refractivity contribution is 0.0780. The first kappa shape index (κ1) is 12.7. The molecule has 2 fully saturated rings. The molecule has 1 N–H and O–H groups in total. The molecular formula is C16H18N4O. The molecule has 21 heavy (non-hydrogen) atoms. The van der Waals surface area contributed by atoms with Crippen molar-refractivity contribution in [1.29, 1.82) is 0 Å². The number of nitrogens with one attached hydrogen (secondary N) is 1. The second-order valence-corrected chi connectivity index (χ2v) is 5.92. The summed E-state index contributed by atoms with van der Waals surface area (Å²) in [4.78, 5) is 23.4. The third-order valence-electron chi connectivity index (χ3n) is 4.55. The number of hydrogen-bond donors (Lipinski definition) is 1. The largest absolute Gasteiger partial charge is 0.335 e. The van der Waals surface area contributed by atoms with E-state index in [1.165, 1.54) is 12.8 Å². The molecule has 5 heteroatoms. The Morgan fingerprint density at radius 2 is 2.10 bits per heavy atom. The number of nitrogens with zero attached hydrogens (tertiary/aromatic N) is 3. The number of benzene rings is 1. The molecule has 0 aliphatic carbocycles. The van der Waals surface area contributed by atoms with Crippen molar-refractivity contribution >= 4 is 16.9 Å². The van der Waals surface area contributed by atoms with Gasteiger partial charge in [-0.15, -0.1) is 0 Å². The number of likely N-dealkylation sites (tertiary alicyclic amines) is 1. The summed E-state index contributed by atoms with van der Waals surface area (Å²) in [5.41, 5.74) is 2.05. The molecule has 2 aliphatic heterocycles. The lowest BCUT2D eigenvalue weighted by Crippen LogP contribution is -2.41. The highest BCUT2D eigenvalue weighted by Gasteiger charge is 2.37. The van der Waals surface area contributed by atoms with Crippen molar-refractivity contribution in [3.05, 3.63) is 36.2 Å². The van der Waals surface area contributed by atoms with Crippen LogP contribution in [0.4, 0.5) is 0 Å². The van der Waals surface area contributed by atoms with E-state index in [1.807, 2.05) is 29.2 Å². The SMILES string of the molecule is O=C(c1cnc2ccccc2n1)N1CC2CCCNC2C1. The Balaban J connectivity index is 1.58. The van der Waals surface area contributed by atoms with Gasteiger partial charge in [0.2, 0.25) is 0 Å². The van der Waals surface area contributed by atoms with Gasteiger partial charge >= 0.3 is 0 Å². The molecule has 0 bridgehead atoms. The van der Waals surface area contributed by atoms with Crippen LogP contribution in [0.15, 0.2) is 30.5 Å². The number of fused-ring (bicyclic) bond motifs is 2. The van der Waals surface area contributed by atoms with Crippen LogP contribution >= 0.6 is 0 Å². The van der Waals surface area contributed by atoms with E-state index in [4.69, 9.17) is 0 Å². The fourth-order valence-corrected chi connectivity index (χ4v) is 3.43. The normalized spacial score (nSPS) is 25.0.